The van der Waals surface area contributed by atoms with Crippen LogP contribution in [-0.4, -0.2) is 42.3 Å². The van der Waals surface area contributed by atoms with E-state index >= 15 is 0 Å². The van der Waals surface area contributed by atoms with Crippen LogP contribution in [0, 0.1) is 0 Å². The molecular formula is C25H29N7O3. The summed E-state index contributed by atoms with van der Waals surface area (Å²) in [5, 5.41) is 13.9. The molecule has 1 aliphatic rings. The molecule has 1 saturated carbocycles. The SMILES string of the molecule is CCCCOc1nc(N)c2nc(O)n(Cc3ccc(Oc4ccc(CNC5CC5)cc4)nc3)c2n1. The number of nitrogens with zero attached hydrogens (tertiary/aromatic N) is 5. The van der Waals surface area contributed by atoms with Crippen molar-refractivity contribution in [3.8, 4) is 23.7 Å². The molecule has 0 bridgehead atoms. The zero-order valence-corrected chi connectivity index (χ0v) is 19.6. The number of imidazole rings is 1. The largest absolute Gasteiger partial charge is 0.480 e. The van der Waals surface area contributed by atoms with Crippen LogP contribution in [0.25, 0.3) is 11.2 Å². The number of hydrogen-bond acceptors (Lipinski definition) is 9. The second kappa shape index (κ2) is 10.1. The van der Waals surface area contributed by atoms with E-state index in [0.717, 1.165) is 30.7 Å². The summed E-state index contributed by atoms with van der Waals surface area (Å²) in [6.07, 6.45) is 6.11. The van der Waals surface area contributed by atoms with Crippen LogP contribution in [0.1, 0.15) is 43.7 Å². The summed E-state index contributed by atoms with van der Waals surface area (Å²) in [5.41, 5.74) is 8.81. The van der Waals surface area contributed by atoms with E-state index in [-0.39, 0.29) is 17.8 Å². The van der Waals surface area contributed by atoms with Crippen molar-refractivity contribution in [1.29, 1.82) is 0 Å². The van der Waals surface area contributed by atoms with Crippen molar-refractivity contribution in [2.24, 2.45) is 0 Å². The number of benzene rings is 1. The van der Waals surface area contributed by atoms with Crippen LogP contribution in [0.2, 0.25) is 0 Å². The summed E-state index contributed by atoms with van der Waals surface area (Å²) in [4.78, 5) is 17.1. The van der Waals surface area contributed by atoms with Crippen LogP contribution >= 0.6 is 0 Å². The van der Waals surface area contributed by atoms with Gasteiger partial charge in [-0.3, -0.25) is 4.57 Å². The normalized spacial score (nSPS) is 13.3. The van der Waals surface area contributed by atoms with Crippen molar-refractivity contribution in [2.75, 3.05) is 12.3 Å². The first-order valence-corrected chi connectivity index (χ1v) is 11.9. The van der Waals surface area contributed by atoms with Crippen molar-refractivity contribution in [3.63, 3.8) is 0 Å². The maximum Gasteiger partial charge on any atom is 0.320 e. The van der Waals surface area contributed by atoms with Crippen LogP contribution in [0.4, 0.5) is 5.82 Å². The number of nitrogens with one attached hydrogen (secondary N) is 1. The van der Waals surface area contributed by atoms with Gasteiger partial charge in [0.15, 0.2) is 17.0 Å². The van der Waals surface area contributed by atoms with Crippen LogP contribution in [0.5, 0.6) is 23.7 Å². The zero-order chi connectivity index (χ0) is 24.2. The molecule has 3 aromatic heterocycles. The predicted molar refractivity (Wildman–Crippen MR) is 132 cm³/mol. The summed E-state index contributed by atoms with van der Waals surface area (Å²) < 4.78 is 13.0. The third-order valence-corrected chi connectivity index (χ3v) is 5.77. The molecule has 35 heavy (non-hydrogen) atoms. The molecule has 4 aromatic rings. The number of aromatic hydroxyl groups is 1. The maximum atomic E-state index is 10.4. The van der Waals surface area contributed by atoms with Crippen LogP contribution in [0.3, 0.4) is 0 Å². The van der Waals surface area contributed by atoms with Crippen molar-refractivity contribution in [1.82, 2.24) is 29.8 Å². The van der Waals surface area contributed by atoms with Crippen LogP contribution in [-0.2, 0) is 13.1 Å². The molecule has 3 heterocycles. The first-order chi connectivity index (χ1) is 17.1. The molecule has 0 aliphatic heterocycles. The van der Waals surface area contributed by atoms with Gasteiger partial charge in [0.05, 0.1) is 13.2 Å². The zero-order valence-electron chi connectivity index (χ0n) is 19.6. The van der Waals surface area contributed by atoms with Crippen molar-refractivity contribution in [3.05, 3.63) is 53.7 Å². The number of rotatable bonds is 11. The first kappa shape index (κ1) is 22.9. The van der Waals surface area contributed by atoms with E-state index in [2.05, 4.69) is 44.3 Å². The summed E-state index contributed by atoms with van der Waals surface area (Å²) in [6, 6.07) is 12.3. The number of pyridine rings is 1. The Morgan fingerprint density at radius 1 is 1.09 bits per heavy atom. The Balaban J connectivity index is 1.26. The number of fused-ring (bicyclic) bond motifs is 1. The highest BCUT2D eigenvalue weighted by Crippen LogP contribution is 2.27. The molecule has 0 unspecified atom stereocenters. The Labute approximate surface area is 203 Å². The first-order valence-electron chi connectivity index (χ1n) is 11.9. The maximum absolute atomic E-state index is 10.4. The molecule has 0 radical (unpaired) electrons. The molecule has 1 fully saturated rings. The van der Waals surface area contributed by atoms with Gasteiger partial charge in [0.2, 0.25) is 5.88 Å². The summed E-state index contributed by atoms with van der Waals surface area (Å²) in [6.45, 7) is 3.73. The van der Waals surface area contributed by atoms with Gasteiger partial charge in [-0.25, -0.2) is 4.98 Å². The fourth-order valence-corrected chi connectivity index (χ4v) is 3.60. The third kappa shape index (κ3) is 5.60. The van der Waals surface area contributed by atoms with E-state index in [1.165, 1.54) is 18.4 Å². The average molecular weight is 476 g/mol. The van der Waals surface area contributed by atoms with E-state index in [4.69, 9.17) is 15.2 Å². The quantitative estimate of drug-likeness (QED) is 0.277. The molecule has 10 nitrogen and oxygen atoms in total. The highest BCUT2D eigenvalue weighted by molar-refractivity contribution is 5.83. The molecule has 0 amide bonds. The highest BCUT2D eigenvalue weighted by atomic mass is 16.5. The highest BCUT2D eigenvalue weighted by Gasteiger charge is 2.20. The van der Waals surface area contributed by atoms with Crippen molar-refractivity contribution < 1.29 is 14.6 Å². The van der Waals surface area contributed by atoms with Gasteiger partial charge in [0.25, 0.3) is 6.01 Å². The van der Waals surface area contributed by atoms with Gasteiger partial charge in [0.1, 0.15) is 5.75 Å². The topological polar surface area (TPSA) is 133 Å². The third-order valence-electron chi connectivity index (χ3n) is 5.77. The molecule has 1 aromatic carbocycles. The minimum Gasteiger partial charge on any atom is -0.480 e. The predicted octanol–water partition coefficient (Wildman–Crippen LogP) is 3.78. The van der Waals surface area contributed by atoms with E-state index in [1.54, 1.807) is 16.8 Å². The number of unbranched alkanes of at least 4 members (excludes halogenated alkanes) is 1. The van der Waals surface area contributed by atoms with E-state index in [0.29, 0.717) is 36.2 Å². The summed E-state index contributed by atoms with van der Waals surface area (Å²) in [5.74, 6) is 1.36. The standard InChI is InChI=1S/C25H29N7O3/c1-2-3-12-34-24-30-22(26)21-23(31-24)32(25(33)29-21)15-17-6-11-20(28-14-17)35-19-9-4-16(5-10-19)13-27-18-7-8-18/h4-6,9-11,14,18,27H,2-3,7-8,12-13,15H2,1H3,(H,29,33)(H2,26,30,31). The molecule has 10 heteroatoms. The lowest BCUT2D eigenvalue weighted by atomic mass is 10.2. The number of anilines is 1. The number of nitrogens with two attached hydrogens (primary N) is 1. The molecule has 0 saturated heterocycles. The lowest BCUT2D eigenvalue weighted by Gasteiger charge is -2.09. The minimum atomic E-state index is -0.205. The van der Waals surface area contributed by atoms with Gasteiger partial charge in [0, 0.05) is 24.8 Å². The minimum absolute atomic E-state index is 0.159. The summed E-state index contributed by atoms with van der Waals surface area (Å²) >= 11 is 0. The van der Waals surface area contributed by atoms with Gasteiger partial charge in [-0.15, -0.1) is 0 Å². The molecule has 0 spiro atoms. The number of hydrogen-bond donors (Lipinski definition) is 3. The van der Waals surface area contributed by atoms with Crippen molar-refractivity contribution in [2.45, 2.75) is 51.7 Å². The number of nitrogen functional groups attached to an aromatic ring is 1. The lowest BCUT2D eigenvalue weighted by molar-refractivity contribution is 0.286. The Hall–Kier alpha value is -3.92. The van der Waals surface area contributed by atoms with Gasteiger partial charge in [-0.05, 0) is 42.5 Å². The molecule has 5 rings (SSSR count). The Kier molecular flexibility index (Phi) is 6.62. The van der Waals surface area contributed by atoms with Gasteiger partial charge in [-0.2, -0.15) is 15.0 Å². The summed E-state index contributed by atoms with van der Waals surface area (Å²) in [7, 11) is 0. The molecule has 4 N–H and O–H groups in total. The number of ether oxygens (including phenoxy) is 2. The lowest BCUT2D eigenvalue weighted by Crippen LogP contribution is -2.14. The Morgan fingerprint density at radius 2 is 1.89 bits per heavy atom. The van der Waals surface area contributed by atoms with Crippen LogP contribution < -0.4 is 20.5 Å². The smallest absolute Gasteiger partial charge is 0.320 e. The van der Waals surface area contributed by atoms with Crippen LogP contribution in [0.15, 0.2) is 42.6 Å². The monoisotopic (exact) mass is 475 g/mol. The Bertz CT molecular complexity index is 1290. The van der Waals surface area contributed by atoms with E-state index < -0.39 is 0 Å². The van der Waals surface area contributed by atoms with Gasteiger partial charge < -0.3 is 25.6 Å². The fourth-order valence-electron chi connectivity index (χ4n) is 3.60. The average Bonchev–Trinajstić information content (AvgIpc) is 3.64. The number of aromatic nitrogens is 5. The molecule has 0 atom stereocenters. The van der Waals surface area contributed by atoms with E-state index in [1.807, 2.05) is 18.2 Å². The van der Waals surface area contributed by atoms with E-state index in [9.17, 15) is 5.11 Å². The molecule has 182 valence electrons. The molecule has 1 aliphatic carbocycles. The second-order valence-electron chi connectivity index (χ2n) is 8.67. The Morgan fingerprint density at radius 3 is 2.60 bits per heavy atom. The van der Waals surface area contributed by atoms with Crippen molar-refractivity contribution >= 4 is 17.0 Å². The fraction of sp³-hybridized carbons (Fsp3) is 0.360. The second-order valence-corrected chi connectivity index (χ2v) is 8.67. The molecular weight excluding hydrogens is 446 g/mol. The van der Waals surface area contributed by atoms with Gasteiger partial charge in [-0.1, -0.05) is 31.5 Å². The van der Waals surface area contributed by atoms with Gasteiger partial charge >= 0.3 is 6.01 Å².